The van der Waals surface area contributed by atoms with E-state index in [-0.39, 0.29) is 11.7 Å². The molecule has 1 aromatic rings. The van der Waals surface area contributed by atoms with Gasteiger partial charge in [-0.05, 0) is 24.5 Å². The maximum Gasteiger partial charge on any atom is 0.176 e. The van der Waals surface area contributed by atoms with Gasteiger partial charge in [-0.25, -0.2) is 0 Å². The molecule has 0 spiro atoms. The third kappa shape index (κ3) is 3.43. The topological polar surface area (TPSA) is 20.3 Å². The second-order valence-electron chi connectivity index (χ2n) is 3.73. The lowest BCUT2D eigenvalue weighted by atomic mass is 10.0. The maximum absolute atomic E-state index is 12.0. The molecule has 0 aliphatic rings. The number of carbonyl (C=O) groups is 1. The Morgan fingerprint density at radius 3 is 2.60 bits per heavy atom. The second-order valence-corrected chi connectivity index (χ2v) is 4.68. The minimum absolute atomic E-state index is 0.101. The molecule has 0 aromatic carbocycles. The SMILES string of the molecule is CCN(CC)CC(C)C(=O)c1cccs1. The molecule has 0 bridgehead atoms. The van der Waals surface area contributed by atoms with Gasteiger partial charge in [-0.1, -0.05) is 26.8 Å². The van der Waals surface area contributed by atoms with Crippen LogP contribution in [-0.2, 0) is 0 Å². The highest BCUT2D eigenvalue weighted by Gasteiger charge is 2.17. The highest BCUT2D eigenvalue weighted by Crippen LogP contribution is 2.15. The lowest BCUT2D eigenvalue weighted by Gasteiger charge is -2.21. The number of hydrogen-bond donors (Lipinski definition) is 0. The van der Waals surface area contributed by atoms with Gasteiger partial charge in [-0.15, -0.1) is 11.3 Å². The second kappa shape index (κ2) is 6.03. The minimum Gasteiger partial charge on any atom is -0.303 e. The summed E-state index contributed by atoms with van der Waals surface area (Å²) in [7, 11) is 0. The van der Waals surface area contributed by atoms with Crippen LogP contribution in [0.15, 0.2) is 17.5 Å². The molecule has 0 saturated heterocycles. The monoisotopic (exact) mass is 225 g/mol. The molecule has 0 N–H and O–H groups in total. The first-order chi connectivity index (χ1) is 7.19. The van der Waals surface area contributed by atoms with Crippen molar-refractivity contribution in [1.82, 2.24) is 4.90 Å². The molecule has 2 nitrogen and oxygen atoms in total. The van der Waals surface area contributed by atoms with Crippen molar-refractivity contribution in [3.8, 4) is 0 Å². The predicted octanol–water partition coefficient (Wildman–Crippen LogP) is 2.91. The Kier molecular flexibility index (Phi) is 4.99. The van der Waals surface area contributed by atoms with Crippen LogP contribution in [0.1, 0.15) is 30.4 Å². The third-order valence-electron chi connectivity index (χ3n) is 2.64. The molecule has 0 saturated carbocycles. The zero-order valence-electron chi connectivity index (χ0n) is 9.69. The normalized spacial score (nSPS) is 13.1. The van der Waals surface area contributed by atoms with Gasteiger partial charge in [0, 0.05) is 12.5 Å². The van der Waals surface area contributed by atoms with Crippen molar-refractivity contribution in [2.45, 2.75) is 20.8 Å². The Hall–Kier alpha value is -0.670. The Morgan fingerprint density at radius 2 is 2.13 bits per heavy atom. The smallest absolute Gasteiger partial charge is 0.176 e. The number of rotatable bonds is 6. The fourth-order valence-corrected chi connectivity index (χ4v) is 2.39. The Bertz CT molecular complexity index is 291. The molecule has 0 radical (unpaired) electrons. The molecule has 1 rings (SSSR count). The predicted molar refractivity (Wildman–Crippen MR) is 65.6 cm³/mol. The maximum atomic E-state index is 12.0. The minimum atomic E-state index is 0.101. The van der Waals surface area contributed by atoms with Crippen LogP contribution in [0.4, 0.5) is 0 Å². The molecule has 84 valence electrons. The summed E-state index contributed by atoms with van der Waals surface area (Å²) in [5.41, 5.74) is 0. The number of Topliss-reactive ketones (excluding diaryl/α,β-unsaturated/α-hetero) is 1. The van der Waals surface area contributed by atoms with E-state index < -0.39 is 0 Å². The van der Waals surface area contributed by atoms with Crippen molar-refractivity contribution in [1.29, 1.82) is 0 Å². The third-order valence-corrected chi connectivity index (χ3v) is 3.52. The fraction of sp³-hybridized carbons (Fsp3) is 0.583. The van der Waals surface area contributed by atoms with Gasteiger partial charge in [0.25, 0.3) is 0 Å². The summed E-state index contributed by atoms with van der Waals surface area (Å²) in [6.45, 7) is 9.17. The Balaban J connectivity index is 2.53. The molecule has 1 heterocycles. The lowest BCUT2D eigenvalue weighted by molar-refractivity contribution is 0.0902. The van der Waals surface area contributed by atoms with Gasteiger partial charge >= 0.3 is 0 Å². The first kappa shape index (κ1) is 12.4. The number of carbonyl (C=O) groups excluding carboxylic acids is 1. The van der Waals surface area contributed by atoms with Crippen molar-refractivity contribution >= 4 is 17.1 Å². The van der Waals surface area contributed by atoms with Gasteiger partial charge in [-0.3, -0.25) is 4.79 Å². The Labute approximate surface area is 95.9 Å². The van der Waals surface area contributed by atoms with Crippen LogP contribution in [0.25, 0.3) is 0 Å². The van der Waals surface area contributed by atoms with Crippen LogP contribution in [0.3, 0.4) is 0 Å². The van der Waals surface area contributed by atoms with E-state index in [1.807, 2.05) is 24.4 Å². The van der Waals surface area contributed by atoms with Gasteiger partial charge in [0.1, 0.15) is 0 Å². The van der Waals surface area contributed by atoms with Gasteiger partial charge < -0.3 is 4.90 Å². The van der Waals surface area contributed by atoms with E-state index in [4.69, 9.17) is 0 Å². The summed E-state index contributed by atoms with van der Waals surface area (Å²) in [5, 5.41) is 1.96. The highest BCUT2D eigenvalue weighted by molar-refractivity contribution is 7.12. The largest absolute Gasteiger partial charge is 0.303 e. The van der Waals surface area contributed by atoms with E-state index >= 15 is 0 Å². The van der Waals surface area contributed by atoms with Crippen LogP contribution in [0.2, 0.25) is 0 Å². The van der Waals surface area contributed by atoms with Crippen molar-refractivity contribution in [2.75, 3.05) is 19.6 Å². The van der Waals surface area contributed by atoms with Crippen molar-refractivity contribution in [3.05, 3.63) is 22.4 Å². The molecular formula is C12H19NOS. The van der Waals surface area contributed by atoms with E-state index in [9.17, 15) is 4.79 Å². The summed E-state index contributed by atoms with van der Waals surface area (Å²) >= 11 is 1.53. The molecule has 1 aromatic heterocycles. The van der Waals surface area contributed by atoms with Crippen LogP contribution in [0.5, 0.6) is 0 Å². The first-order valence-electron chi connectivity index (χ1n) is 5.49. The molecule has 1 unspecified atom stereocenters. The quantitative estimate of drug-likeness (QED) is 0.694. The van der Waals surface area contributed by atoms with Crippen LogP contribution in [-0.4, -0.2) is 30.3 Å². The van der Waals surface area contributed by atoms with Gasteiger partial charge in [-0.2, -0.15) is 0 Å². The van der Waals surface area contributed by atoms with Gasteiger partial charge in [0.05, 0.1) is 4.88 Å². The van der Waals surface area contributed by atoms with Crippen molar-refractivity contribution in [3.63, 3.8) is 0 Å². The summed E-state index contributed by atoms with van der Waals surface area (Å²) in [4.78, 5) is 15.1. The molecule has 0 fully saturated rings. The number of nitrogens with zero attached hydrogens (tertiary/aromatic N) is 1. The zero-order chi connectivity index (χ0) is 11.3. The first-order valence-corrected chi connectivity index (χ1v) is 6.37. The highest BCUT2D eigenvalue weighted by atomic mass is 32.1. The van der Waals surface area contributed by atoms with E-state index in [0.717, 1.165) is 24.5 Å². The summed E-state index contributed by atoms with van der Waals surface area (Å²) < 4.78 is 0. The summed E-state index contributed by atoms with van der Waals surface area (Å²) in [5.74, 6) is 0.375. The number of thiophene rings is 1. The molecular weight excluding hydrogens is 206 g/mol. The summed E-state index contributed by atoms with van der Waals surface area (Å²) in [6.07, 6.45) is 0. The van der Waals surface area contributed by atoms with E-state index in [2.05, 4.69) is 18.7 Å². The molecule has 15 heavy (non-hydrogen) atoms. The molecule has 0 aliphatic carbocycles. The molecule has 3 heteroatoms. The van der Waals surface area contributed by atoms with Crippen LogP contribution < -0.4 is 0 Å². The van der Waals surface area contributed by atoms with Crippen LogP contribution in [0, 0.1) is 5.92 Å². The van der Waals surface area contributed by atoms with Crippen molar-refractivity contribution < 1.29 is 4.79 Å². The Morgan fingerprint density at radius 1 is 1.47 bits per heavy atom. The molecule has 1 atom stereocenters. The van der Waals surface area contributed by atoms with Crippen molar-refractivity contribution in [2.24, 2.45) is 5.92 Å². The van der Waals surface area contributed by atoms with E-state index in [1.165, 1.54) is 11.3 Å². The van der Waals surface area contributed by atoms with E-state index in [0.29, 0.717) is 0 Å². The lowest BCUT2D eigenvalue weighted by Crippen LogP contribution is -2.31. The number of ketones is 1. The van der Waals surface area contributed by atoms with Crippen LogP contribution >= 0.6 is 11.3 Å². The fourth-order valence-electron chi connectivity index (χ4n) is 1.61. The number of hydrogen-bond acceptors (Lipinski definition) is 3. The average Bonchev–Trinajstić information content (AvgIpc) is 2.77. The molecule has 0 amide bonds. The zero-order valence-corrected chi connectivity index (χ0v) is 10.5. The molecule has 0 aliphatic heterocycles. The standard InChI is InChI=1S/C12H19NOS/c1-4-13(5-2)9-10(3)12(14)11-7-6-8-15-11/h6-8,10H,4-5,9H2,1-3H3. The van der Waals surface area contributed by atoms with Gasteiger partial charge in [0.15, 0.2) is 5.78 Å². The van der Waals surface area contributed by atoms with Gasteiger partial charge in [0.2, 0.25) is 0 Å². The average molecular weight is 225 g/mol. The van der Waals surface area contributed by atoms with E-state index in [1.54, 1.807) is 0 Å². The summed E-state index contributed by atoms with van der Waals surface area (Å²) in [6, 6.07) is 3.84.